The Bertz CT molecular complexity index is 420. The van der Waals surface area contributed by atoms with E-state index in [0.717, 1.165) is 24.3 Å². The third-order valence-electron chi connectivity index (χ3n) is 3.54. The quantitative estimate of drug-likeness (QED) is 0.694. The fourth-order valence-corrected chi connectivity index (χ4v) is 2.07. The van der Waals surface area contributed by atoms with E-state index in [9.17, 15) is 4.79 Å². The summed E-state index contributed by atoms with van der Waals surface area (Å²) in [7, 11) is 1.60. The van der Waals surface area contributed by atoms with Crippen molar-refractivity contribution in [2.24, 2.45) is 5.92 Å². The van der Waals surface area contributed by atoms with E-state index in [1.165, 1.54) is 25.5 Å². The standard InChI is InChI=1S/C15H24O3/c1-5-11(2)8-6-7-9-13-10-18-15(16)12(3)14(13)17-4/h10-11H,5-9H2,1-4H3. The minimum atomic E-state index is -0.310. The second-order valence-electron chi connectivity index (χ2n) is 4.97. The molecule has 3 nitrogen and oxygen atoms in total. The van der Waals surface area contributed by atoms with Crippen LogP contribution in [0.2, 0.25) is 0 Å². The van der Waals surface area contributed by atoms with Crippen LogP contribution in [0, 0.1) is 12.8 Å². The molecule has 1 heterocycles. The molecule has 18 heavy (non-hydrogen) atoms. The van der Waals surface area contributed by atoms with Crippen LogP contribution in [0.25, 0.3) is 0 Å². The van der Waals surface area contributed by atoms with Gasteiger partial charge in [0.1, 0.15) is 12.0 Å². The van der Waals surface area contributed by atoms with Gasteiger partial charge in [-0.05, 0) is 25.7 Å². The maximum absolute atomic E-state index is 11.4. The molecule has 0 aliphatic rings. The van der Waals surface area contributed by atoms with Crippen molar-refractivity contribution >= 4 is 0 Å². The molecular weight excluding hydrogens is 228 g/mol. The third kappa shape index (κ3) is 3.90. The number of ether oxygens (including phenoxy) is 1. The molecule has 1 aromatic heterocycles. The van der Waals surface area contributed by atoms with Crippen molar-refractivity contribution in [1.82, 2.24) is 0 Å². The van der Waals surface area contributed by atoms with Gasteiger partial charge in [0, 0.05) is 5.56 Å². The van der Waals surface area contributed by atoms with Crippen LogP contribution in [0.5, 0.6) is 5.75 Å². The second kappa shape index (κ2) is 7.24. The average Bonchev–Trinajstić information content (AvgIpc) is 2.38. The summed E-state index contributed by atoms with van der Waals surface area (Å²) in [5, 5.41) is 0. The summed E-state index contributed by atoms with van der Waals surface area (Å²) in [5.74, 6) is 1.48. The van der Waals surface area contributed by atoms with E-state index in [0.29, 0.717) is 11.3 Å². The van der Waals surface area contributed by atoms with Gasteiger partial charge in [-0.15, -0.1) is 0 Å². The Balaban J connectivity index is 2.57. The number of unbranched alkanes of at least 4 members (excludes halogenated alkanes) is 1. The SMILES string of the molecule is CCC(C)CCCCc1coc(=O)c(C)c1OC. The zero-order valence-electron chi connectivity index (χ0n) is 11.9. The van der Waals surface area contributed by atoms with Crippen LogP contribution in [0.15, 0.2) is 15.5 Å². The summed E-state index contributed by atoms with van der Waals surface area (Å²) in [4.78, 5) is 11.4. The Hall–Kier alpha value is -1.25. The predicted molar refractivity (Wildman–Crippen MR) is 73.3 cm³/mol. The van der Waals surface area contributed by atoms with Crippen molar-refractivity contribution in [2.75, 3.05) is 7.11 Å². The lowest BCUT2D eigenvalue weighted by Gasteiger charge is -2.10. The van der Waals surface area contributed by atoms with Crippen LogP contribution in [-0.4, -0.2) is 7.11 Å². The molecule has 3 heteroatoms. The molecule has 0 spiro atoms. The van der Waals surface area contributed by atoms with Gasteiger partial charge in [0.15, 0.2) is 0 Å². The molecule has 0 saturated heterocycles. The second-order valence-corrected chi connectivity index (χ2v) is 4.97. The lowest BCUT2D eigenvalue weighted by atomic mass is 9.99. The molecule has 0 saturated carbocycles. The van der Waals surface area contributed by atoms with Crippen molar-refractivity contribution < 1.29 is 9.15 Å². The number of hydrogen-bond acceptors (Lipinski definition) is 3. The first-order valence-corrected chi connectivity index (χ1v) is 6.75. The number of methoxy groups -OCH3 is 1. The normalized spacial score (nSPS) is 12.4. The van der Waals surface area contributed by atoms with Crippen molar-refractivity contribution in [1.29, 1.82) is 0 Å². The van der Waals surface area contributed by atoms with Crippen LogP contribution in [0.4, 0.5) is 0 Å². The smallest absolute Gasteiger partial charge is 0.342 e. The van der Waals surface area contributed by atoms with Crippen LogP contribution in [-0.2, 0) is 6.42 Å². The first-order chi connectivity index (χ1) is 8.60. The molecule has 0 amide bonds. The van der Waals surface area contributed by atoms with E-state index < -0.39 is 0 Å². The fraction of sp³-hybridized carbons (Fsp3) is 0.667. The molecule has 0 N–H and O–H groups in total. The predicted octanol–water partition coefficient (Wildman–Crippen LogP) is 3.72. The molecule has 1 rings (SSSR count). The summed E-state index contributed by atoms with van der Waals surface area (Å²) in [6.45, 7) is 6.25. The van der Waals surface area contributed by atoms with Crippen molar-refractivity contribution in [2.45, 2.75) is 52.9 Å². The summed E-state index contributed by atoms with van der Waals surface area (Å²) in [6.07, 6.45) is 7.25. The maximum Gasteiger partial charge on any atom is 0.342 e. The zero-order valence-corrected chi connectivity index (χ0v) is 11.9. The Morgan fingerprint density at radius 2 is 2.11 bits per heavy atom. The van der Waals surface area contributed by atoms with Crippen molar-refractivity contribution in [3.05, 3.63) is 27.8 Å². The Morgan fingerprint density at radius 1 is 1.39 bits per heavy atom. The molecule has 102 valence electrons. The lowest BCUT2D eigenvalue weighted by molar-refractivity contribution is 0.387. The lowest BCUT2D eigenvalue weighted by Crippen LogP contribution is -2.07. The largest absolute Gasteiger partial charge is 0.496 e. The van der Waals surface area contributed by atoms with Gasteiger partial charge >= 0.3 is 5.63 Å². The van der Waals surface area contributed by atoms with Crippen LogP contribution in [0.1, 0.15) is 50.7 Å². The molecule has 0 bridgehead atoms. The fourth-order valence-electron chi connectivity index (χ4n) is 2.07. The van der Waals surface area contributed by atoms with Gasteiger partial charge in [0.05, 0.1) is 12.7 Å². The Morgan fingerprint density at radius 3 is 2.72 bits per heavy atom. The highest BCUT2D eigenvalue weighted by Crippen LogP contribution is 2.22. The summed E-state index contributed by atoms with van der Waals surface area (Å²) < 4.78 is 10.3. The Labute approximate surface area is 109 Å². The van der Waals surface area contributed by atoms with Crippen molar-refractivity contribution in [3.63, 3.8) is 0 Å². The molecular formula is C15H24O3. The minimum absolute atomic E-state index is 0.310. The topological polar surface area (TPSA) is 39.4 Å². The number of rotatable bonds is 7. The van der Waals surface area contributed by atoms with Gasteiger partial charge in [0.2, 0.25) is 0 Å². The van der Waals surface area contributed by atoms with Gasteiger partial charge in [-0.1, -0.05) is 33.1 Å². The molecule has 0 radical (unpaired) electrons. The van der Waals surface area contributed by atoms with Crippen LogP contribution in [0.3, 0.4) is 0 Å². The molecule has 0 aromatic carbocycles. The number of aryl methyl sites for hydroxylation is 1. The minimum Gasteiger partial charge on any atom is -0.496 e. The average molecular weight is 252 g/mol. The zero-order chi connectivity index (χ0) is 13.5. The van der Waals surface area contributed by atoms with E-state index in [4.69, 9.17) is 9.15 Å². The highest BCUT2D eigenvalue weighted by molar-refractivity contribution is 5.36. The molecule has 0 aliphatic carbocycles. The van der Waals surface area contributed by atoms with Gasteiger partial charge in [-0.2, -0.15) is 0 Å². The monoisotopic (exact) mass is 252 g/mol. The summed E-state index contributed by atoms with van der Waals surface area (Å²) >= 11 is 0. The first kappa shape index (κ1) is 14.8. The Kier molecular flexibility index (Phi) is 5.96. The molecule has 0 aliphatic heterocycles. The summed E-state index contributed by atoms with van der Waals surface area (Å²) in [6, 6.07) is 0. The molecule has 1 aromatic rings. The highest BCUT2D eigenvalue weighted by Gasteiger charge is 2.11. The van der Waals surface area contributed by atoms with Gasteiger partial charge in [-0.3, -0.25) is 0 Å². The maximum atomic E-state index is 11.4. The van der Waals surface area contributed by atoms with Crippen LogP contribution >= 0.6 is 0 Å². The van der Waals surface area contributed by atoms with Gasteiger partial charge < -0.3 is 9.15 Å². The third-order valence-corrected chi connectivity index (χ3v) is 3.54. The van der Waals surface area contributed by atoms with Crippen molar-refractivity contribution in [3.8, 4) is 5.75 Å². The first-order valence-electron chi connectivity index (χ1n) is 6.75. The van der Waals surface area contributed by atoms with Crippen LogP contribution < -0.4 is 10.4 Å². The van der Waals surface area contributed by atoms with E-state index in [2.05, 4.69) is 13.8 Å². The van der Waals surface area contributed by atoms with Gasteiger partial charge in [0.25, 0.3) is 0 Å². The van der Waals surface area contributed by atoms with E-state index in [1.54, 1.807) is 14.0 Å². The highest BCUT2D eigenvalue weighted by atomic mass is 16.5. The van der Waals surface area contributed by atoms with E-state index >= 15 is 0 Å². The van der Waals surface area contributed by atoms with E-state index in [-0.39, 0.29) is 5.63 Å². The molecule has 0 fully saturated rings. The molecule has 1 atom stereocenters. The number of hydrogen-bond donors (Lipinski definition) is 0. The molecule has 1 unspecified atom stereocenters. The summed E-state index contributed by atoms with van der Waals surface area (Å²) in [5.41, 5.74) is 1.26. The van der Waals surface area contributed by atoms with Gasteiger partial charge in [-0.25, -0.2) is 4.79 Å². The van der Waals surface area contributed by atoms with E-state index in [1.807, 2.05) is 0 Å².